The van der Waals surface area contributed by atoms with E-state index < -0.39 is 0 Å². The molecule has 0 unspecified atom stereocenters. The Labute approximate surface area is 144 Å². The minimum atomic E-state index is -0.102. The standard InChI is InChI=1S/C18H19N5O2/c24-16-11-20-23(15-4-2-1-3-14(15)16)9-7-18(25)21-13-5-6-17-19-8-10-22(17)12-13/h1-4,8,10-11,13H,5-7,9,12H2,(H,21,25)/t13-/m0/s1. The number of carbonyl (C=O) groups excluding carboxylic acids is 1. The second kappa shape index (κ2) is 6.51. The highest BCUT2D eigenvalue weighted by molar-refractivity contribution is 5.79. The van der Waals surface area contributed by atoms with Crippen molar-refractivity contribution in [3.8, 4) is 0 Å². The molecular weight excluding hydrogens is 318 g/mol. The summed E-state index contributed by atoms with van der Waals surface area (Å²) in [6.07, 6.45) is 7.16. The van der Waals surface area contributed by atoms with Crippen LogP contribution in [0, 0.1) is 0 Å². The van der Waals surface area contributed by atoms with Gasteiger partial charge in [0.25, 0.3) is 0 Å². The smallest absolute Gasteiger partial charge is 0.222 e. The van der Waals surface area contributed by atoms with Gasteiger partial charge < -0.3 is 9.88 Å². The lowest BCUT2D eigenvalue weighted by Crippen LogP contribution is -2.41. The van der Waals surface area contributed by atoms with Crippen LogP contribution >= 0.6 is 0 Å². The lowest BCUT2D eigenvalue weighted by Gasteiger charge is -2.24. The molecule has 0 saturated carbocycles. The summed E-state index contributed by atoms with van der Waals surface area (Å²) in [6, 6.07) is 7.45. The summed E-state index contributed by atoms with van der Waals surface area (Å²) in [5, 5.41) is 7.87. The van der Waals surface area contributed by atoms with Crippen LogP contribution in [-0.4, -0.2) is 31.3 Å². The van der Waals surface area contributed by atoms with E-state index in [2.05, 4.69) is 20.0 Å². The number of nitrogens with zero attached hydrogens (tertiary/aromatic N) is 4. The number of amides is 1. The molecule has 0 bridgehead atoms. The average Bonchev–Trinajstić information content (AvgIpc) is 3.09. The van der Waals surface area contributed by atoms with Crippen LogP contribution in [0.4, 0.5) is 0 Å². The molecule has 1 aliphatic heterocycles. The third-order valence-corrected chi connectivity index (χ3v) is 4.61. The summed E-state index contributed by atoms with van der Waals surface area (Å²) in [5.41, 5.74) is 0.651. The summed E-state index contributed by atoms with van der Waals surface area (Å²) in [6.45, 7) is 1.20. The molecule has 0 radical (unpaired) electrons. The number of aromatic nitrogens is 4. The normalized spacial score (nSPS) is 16.6. The van der Waals surface area contributed by atoms with E-state index in [4.69, 9.17) is 0 Å². The Balaban J connectivity index is 1.40. The number of para-hydroxylation sites is 1. The fourth-order valence-corrected chi connectivity index (χ4v) is 3.33. The van der Waals surface area contributed by atoms with E-state index in [1.165, 1.54) is 6.20 Å². The summed E-state index contributed by atoms with van der Waals surface area (Å²) in [4.78, 5) is 28.4. The van der Waals surface area contributed by atoms with Crippen molar-refractivity contribution >= 4 is 16.8 Å². The van der Waals surface area contributed by atoms with Gasteiger partial charge >= 0.3 is 0 Å². The monoisotopic (exact) mass is 337 g/mol. The quantitative estimate of drug-likeness (QED) is 0.773. The molecule has 1 aromatic carbocycles. The number of nitrogens with one attached hydrogen (secondary N) is 1. The maximum Gasteiger partial charge on any atom is 0.222 e. The van der Waals surface area contributed by atoms with Crippen LogP contribution < -0.4 is 10.7 Å². The predicted octanol–water partition coefficient (Wildman–Crippen LogP) is 1.11. The maximum absolute atomic E-state index is 12.3. The number of fused-ring (bicyclic) bond motifs is 2. The van der Waals surface area contributed by atoms with Crippen molar-refractivity contribution in [1.82, 2.24) is 24.6 Å². The number of hydrogen-bond donors (Lipinski definition) is 1. The number of imidazole rings is 1. The van der Waals surface area contributed by atoms with E-state index in [9.17, 15) is 9.59 Å². The third-order valence-electron chi connectivity index (χ3n) is 4.61. The van der Waals surface area contributed by atoms with Crippen molar-refractivity contribution in [2.24, 2.45) is 0 Å². The Hall–Kier alpha value is -2.96. The molecule has 4 rings (SSSR count). The third kappa shape index (κ3) is 3.17. The molecule has 128 valence electrons. The van der Waals surface area contributed by atoms with Crippen molar-refractivity contribution in [2.75, 3.05) is 0 Å². The summed E-state index contributed by atoms with van der Waals surface area (Å²) < 4.78 is 3.80. The van der Waals surface area contributed by atoms with Crippen molar-refractivity contribution in [3.05, 3.63) is 58.9 Å². The molecule has 0 fully saturated rings. The van der Waals surface area contributed by atoms with Crippen molar-refractivity contribution in [3.63, 3.8) is 0 Å². The molecule has 0 spiro atoms. The average molecular weight is 337 g/mol. The van der Waals surface area contributed by atoms with Crippen LogP contribution in [0.1, 0.15) is 18.7 Å². The Morgan fingerprint density at radius 3 is 3.12 bits per heavy atom. The summed E-state index contributed by atoms with van der Waals surface area (Å²) in [5.74, 6) is 1.08. The molecule has 7 heteroatoms. The Morgan fingerprint density at radius 2 is 2.20 bits per heavy atom. The minimum Gasteiger partial charge on any atom is -0.352 e. The SMILES string of the molecule is O=C(CCn1ncc(=O)c2ccccc21)N[C@H]1CCc2nccn2C1. The Morgan fingerprint density at radius 1 is 1.32 bits per heavy atom. The fraction of sp³-hybridized carbons (Fsp3) is 0.333. The number of rotatable bonds is 4. The van der Waals surface area contributed by atoms with Crippen LogP contribution in [0.15, 0.2) is 47.7 Å². The number of carbonyl (C=O) groups is 1. The first-order valence-electron chi connectivity index (χ1n) is 8.45. The van der Waals surface area contributed by atoms with Crippen molar-refractivity contribution in [2.45, 2.75) is 38.4 Å². The highest BCUT2D eigenvalue weighted by Gasteiger charge is 2.20. The zero-order chi connectivity index (χ0) is 17.2. The topological polar surface area (TPSA) is 81.8 Å². The Kier molecular flexibility index (Phi) is 4.05. The van der Waals surface area contributed by atoms with Crippen LogP contribution in [0.2, 0.25) is 0 Å². The molecule has 7 nitrogen and oxygen atoms in total. The first-order chi connectivity index (χ1) is 12.2. The molecule has 1 N–H and O–H groups in total. The molecule has 25 heavy (non-hydrogen) atoms. The van der Waals surface area contributed by atoms with E-state index in [-0.39, 0.29) is 17.4 Å². The Bertz CT molecular complexity index is 975. The van der Waals surface area contributed by atoms with Gasteiger partial charge in [0.2, 0.25) is 11.3 Å². The van der Waals surface area contributed by atoms with Gasteiger partial charge in [-0.1, -0.05) is 12.1 Å². The van der Waals surface area contributed by atoms with Gasteiger partial charge in [0.15, 0.2) is 0 Å². The van der Waals surface area contributed by atoms with Gasteiger partial charge in [-0.05, 0) is 18.6 Å². The fourth-order valence-electron chi connectivity index (χ4n) is 3.33. The maximum atomic E-state index is 12.3. The van der Waals surface area contributed by atoms with Crippen LogP contribution in [-0.2, 0) is 24.3 Å². The molecule has 1 aliphatic rings. The molecule has 2 aromatic heterocycles. The summed E-state index contributed by atoms with van der Waals surface area (Å²) >= 11 is 0. The zero-order valence-corrected chi connectivity index (χ0v) is 13.8. The molecule has 1 amide bonds. The van der Waals surface area contributed by atoms with Crippen LogP contribution in [0.5, 0.6) is 0 Å². The van der Waals surface area contributed by atoms with E-state index in [0.29, 0.717) is 18.4 Å². The van der Waals surface area contributed by atoms with Gasteiger partial charge in [0.05, 0.1) is 18.3 Å². The first kappa shape index (κ1) is 15.6. The van der Waals surface area contributed by atoms with E-state index in [0.717, 1.165) is 30.7 Å². The molecule has 1 atom stereocenters. The molecule has 3 heterocycles. The van der Waals surface area contributed by atoms with Crippen molar-refractivity contribution < 1.29 is 4.79 Å². The van der Waals surface area contributed by atoms with E-state index in [1.807, 2.05) is 24.4 Å². The number of aryl methyl sites for hydroxylation is 2. The number of benzene rings is 1. The van der Waals surface area contributed by atoms with Gasteiger partial charge in [-0.3, -0.25) is 14.3 Å². The predicted molar refractivity (Wildman–Crippen MR) is 93.1 cm³/mol. The number of hydrogen-bond acceptors (Lipinski definition) is 4. The van der Waals surface area contributed by atoms with Crippen LogP contribution in [0.3, 0.4) is 0 Å². The molecular formula is C18H19N5O2. The van der Waals surface area contributed by atoms with Crippen LogP contribution in [0.25, 0.3) is 10.9 Å². The van der Waals surface area contributed by atoms with Crippen molar-refractivity contribution in [1.29, 1.82) is 0 Å². The minimum absolute atomic E-state index is 0.00172. The van der Waals surface area contributed by atoms with Gasteiger partial charge in [0.1, 0.15) is 5.82 Å². The van der Waals surface area contributed by atoms with Gasteiger partial charge in [-0.15, -0.1) is 0 Å². The van der Waals surface area contributed by atoms with E-state index >= 15 is 0 Å². The zero-order valence-electron chi connectivity index (χ0n) is 13.8. The van der Waals surface area contributed by atoms with Gasteiger partial charge in [-0.2, -0.15) is 5.10 Å². The lowest BCUT2D eigenvalue weighted by molar-refractivity contribution is -0.122. The molecule has 3 aromatic rings. The van der Waals surface area contributed by atoms with Gasteiger partial charge in [0, 0.05) is 43.2 Å². The summed E-state index contributed by atoms with van der Waals surface area (Å²) in [7, 11) is 0. The molecule has 0 saturated heterocycles. The first-order valence-corrected chi connectivity index (χ1v) is 8.45. The highest BCUT2D eigenvalue weighted by Crippen LogP contribution is 2.13. The second-order valence-corrected chi connectivity index (χ2v) is 6.30. The van der Waals surface area contributed by atoms with Gasteiger partial charge in [-0.25, -0.2) is 4.98 Å². The second-order valence-electron chi connectivity index (χ2n) is 6.30. The largest absolute Gasteiger partial charge is 0.352 e. The highest BCUT2D eigenvalue weighted by atomic mass is 16.1. The molecule has 0 aliphatic carbocycles. The lowest BCUT2D eigenvalue weighted by atomic mass is 10.1. The van der Waals surface area contributed by atoms with E-state index in [1.54, 1.807) is 16.9 Å².